The zero-order valence-electron chi connectivity index (χ0n) is 15.0. The molecule has 0 atom stereocenters. The van der Waals surface area contributed by atoms with Crippen molar-refractivity contribution in [3.05, 3.63) is 29.6 Å². The second kappa shape index (κ2) is 11.5. The number of nitrogens with zero attached hydrogens (tertiary/aromatic N) is 1. The average molecular weight is 406 g/mol. The Morgan fingerprint density at radius 1 is 1.19 bits per heavy atom. The number of nitrogens with one attached hydrogen (secondary N) is 1. The molecule has 0 radical (unpaired) electrons. The maximum atomic E-state index is 13.6. The second-order valence-corrected chi connectivity index (χ2v) is 6.57. The topological polar surface area (TPSA) is 75.7 Å². The van der Waals surface area contributed by atoms with E-state index in [1.54, 1.807) is 0 Å². The highest BCUT2D eigenvalue weighted by atomic mass is 32.2. The third-order valence-corrected chi connectivity index (χ3v) is 4.33. The first-order chi connectivity index (χ1) is 12.8. The van der Waals surface area contributed by atoms with E-state index in [0.29, 0.717) is 24.8 Å². The van der Waals surface area contributed by atoms with E-state index in [0.717, 1.165) is 6.07 Å². The molecule has 0 saturated heterocycles. The van der Waals surface area contributed by atoms with Gasteiger partial charge in [-0.1, -0.05) is 6.92 Å². The Balaban J connectivity index is 2.60. The van der Waals surface area contributed by atoms with Gasteiger partial charge in [-0.2, -0.15) is 0 Å². The van der Waals surface area contributed by atoms with Crippen LogP contribution in [0.4, 0.5) is 18.9 Å². The van der Waals surface area contributed by atoms with E-state index >= 15 is 0 Å². The number of carbonyl (C=O) groups excluding carboxylic acids is 3. The number of hydrogen-bond donors (Lipinski definition) is 1. The van der Waals surface area contributed by atoms with Crippen molar-refractivity contribution in [2.45, 2.75) is 19.8 Å². The van der Waals surface area contributed by atoms with E-state index < -0.39 is 35.0 Å². The summed E-state index contributed by atoms with van der Waals surface area (Å²) in [5, 5.41) is 2.13. The number of carbonyl (C=O) groups is 3. The van der Waals surface area contributed by atoms with Crippen molar-refractivity contribution in [3.8, 4) is 0 Å². The largest absolute Gasteiger partial charge is 0.468 e. The summed E-state index contributed by atoms with van der Waals surface area (Å²) in [6.45, 7) is 1.76. The molecule has 1 aromatic carbocycles. The minimum absolute atomic E-state index is 0.106. The second-order valence-electron chi connectivity index (χ2n) is 5.47. The van der Waals surface area contributed by atoms with Gasteiger partial charge in [-0.25, -0.2) is 13.2 Å². The van der Waals surface area contributed by atoms with E-state index in [4.69, 9.17) is 0 Å². The molecule has 0 fully saturated rings. The molecule has 0 heterocycles. The highest BCUT2D eigenvalue weighted by molar-refractivity contribution is 7.99. The first-order valence-electron chi connectivity index (χ1n) is 8.15. The third-order valence-electron chi connectivity index (χ3n) is 3.40. The molecule has 1 rings (SSSR count). The lowest BCUT2D eigenvalue weighted by atomic mass is 10.2. The lowest BCUT2D eigenvalue weighted by Gasteiger charge is -2.21. The van der Waals surface area contributed by atoms with E-state index in [2.05, 4.69) is 10.1 Å². The summed E-state index contributed by atoms with van der Waals surface area (Å²) in [5.74, 6) is -5.50. The van der Waals surface area contributed by atoms with Crippen molar-refractivity contribution in [1.29, 1.82) is 0 Å². The van der Waals surface area contributed by atoms with Gasteiger partial charge in [-0.3, -0.25) is 14.4 Å². The molecule has 0 aliphatic carbocycles. The summed E-state index contributed by atoms with van der Waals surface area (Å²) >= 11 is 1.23. The Labute approximate surface area is 159 Å². The quantitative estimate of drug-likeness (QED) is 0.367. The predicted molar refractivity (Wildman–Crippen MR) is 95.8 cm³/mol. The smallest absolute Gasteiger partial charge is 0.315 e. The fourth-order valence-corrected chi connectivity index (χ4v) is 2.83. The molecule has 0 spiro atoms. The first kappa shape index (κ1) is 22.8. The number of ether oxygens (including phenoxy) is 1. The van der Waals surface area contributed by atoms with Crippen LogP contribution in [-0.2, 0) is 19.1 Å². The van der Waals surface area contributed by atoms with Gasteiger partial charge < -0.3 is 15.0 Å². The maximum absolute atomic E-state index is 13.6. The van der Waals surface area contributed by atoms with Crippen molar-refractivity contribution < 1.29 is 32.3 Å². The van der Waals surface area contributed by atoms with Gasteiger partial charge in [0.2, 0.25) is 11.8 Å². The monoisotopic (exact) mass is 406 g/mol. The number of benzene rings is 1. The average Bonchev–Trinajstić information content (AvgIpc) is 2.64. The van der Waals surface area contributed by atoms with Gasteiger partial charge >= 0.3 is 5.97 Å². The van der Waals surface area contributed by atoms with Gasteiger partial charge in [0.15, 0.2) is 17.5 Å². The summed E-state index contributed by atoms with van der Waals surface area (Å²) in [6.07, 6.45) is 0.697. The first-order valence-corrected chi connectivity index (χ1v) is 9.31. The van der Waals surface area contributed by atoms with Gasteiger partial charge in [-0.15, -0.1) is 11.8 Å². The van der Waals surface area contributed by atoms with Crippen molar-refractivity contribution in [2.75, 3.05) is 37.0 Å². The van der Waals surface area contributed by atoms with E-state index in [1.807, 2.05) is 6.92 Å². The van der Waals surface area contributed by atoms with Crippen molar-refractivity contribution >= 4 is 35.2 Å². The number of rotatable bonds is 10. The van der Waals surface area contributed by atoms with Crippen LogP contribution in [0.2, 0.25) is 0 Å². The minimum Gasteiger partial charge on any atom is -0.468 e. The minimum atomic E-state index is -1.68. The van der Waals surface area contributed by atoms with Crippen LogP contribution in [0.15, 0.2) is 12.1 Å². The molecule has 6 nitrogen and oxygen atoms in total. The summed E-state index contributed by atoms with van der Waals surface area (Å²) in [4.78, 5) is 36.6. The molecule has 2 amide bonds. The molecule has 0 aromatic heterocycles. The molecule has 10 heteroatoms. The summed E-state index contributed by atoms with van der Waals surface area (Å²) in [5.41, 5.74) is -0.503. The highest BCUT2D eigenvalue weighted by Crippen LogP contribution is 2.19. The third kappa shape index (κ3) is 7.49. The lowest BCUT2D eigenvalue weighted by molar-refractivity contribution is -0.137. The fraction of sp³-hybridized carbons (Fsp3) is 0.471. The maximum Gasteiger partial charge on any atom is 0.315 e. The van der Waals surface area contributed by atoms with Crippen LogP contribution in [0.5, 0.6) is 0 Å². The van der Waals surface area contributed by atoms with E-state index in [-0.39, 0.29) is 24.6 Å². The normalized spacial score (nSPS) is 10.4. The van der Waals surface area contributed by atoms with Crippen LogP contribution >= 0.6 is 11.8 Å². The van der Waals surface area contributed by atoms with E-state index in [9.17, 15) is 27.6 Å². The molecule has 150 valence electrons. The molecule has 1 aromatic rings. The molecule has 0 aliphatic rings. The Morgan fingerprint density at radius 2 is 1.89 bits per heavy atom. The molecule has 1 N–H and O–H groups in total. The van der Waals surface area contributed by atoms with Gasteiger partial charge in [0.05, 0.1) is 25.1 Å². The standard InChI is InChI=1S/C17H21F3N2O4S/c1-3-7-22(14(24)6-8-27-10-15(25)26-2)9-13(23)21-12-5-4-11(18)16(19)17(12)20/h4-5H,3,6-10H2,1-2H3,(H,21,23). The number of methoxy groups -OCH3 is 1. The molecule has 27 heavy (non-hydrogen) atoms. The van der Waals surface area contributed by atoms with Crippen LogP contribution in [-0.4, -0.2) is 54.4 Å². The van der Waals surface area contributed by atoms with Gasteiger partial charge in [0, 0.05) is 18.7 Å². The number of anilines is 1. The fourth-order valence-electron chi connectivity index (χ4n) is 2.08. The van der Waals surface area contributed by atoms with Crippen molar-refractivity contribution in [3.63, 3.8) is 0 Å². The van der Waals surface area contributed by atoms with Gasteiger partial charge in [-0.05, 0) is 18.6 Å². The molecule has 0 bridgehead atoms. The Morgan fingerprint density at radius 3 is 2.52 bits per heavy atom. The summed E-state index contributed by atoms with van der Waals surface area (Å²) in [6, 6.07) is 1.60. The zero-order valence-corrected chi connectivity index (χ0v) is 15.8. The van der Waals surface area contributed by atoms with Crippen molar-refractivity contribution in [1.82, 2.24) is 4.90 Å². The number of halogens is 3. The number of amides is 2. The van der Waals surface area contributed by atoms with Gasteiger partial charge in [0.1, 0.15) is 0 Å². The SMILES string of the molecule is CCCN(CC(=O)Nc1ccc(F)c(F)c1F)C(=O)CCSCC(=O)OC. The van der Waals surface area contributed by atoms with E-state index in [1.165, 1.54) is 23.8 Å². The molecule has 0 unspecified atom stereocenters. The zero-order chi connectivity index (χ0) is 20.4. The Bertz CT molecular complexity index is 688. The summed E-state index contributed by atoms with van der Waals surface area (Å²) < 4.78 is 44.2. The van der Waals surface area contributed by atoms with Crippen LogP contribution in [0.25, 0.3) is 0 Å². The molecular weight excluding hydrogens is 385 g/mol. The van der Waals surface area contributed by atoms with Crippen LogP contribution in [0.3, 0.4) is 0 Å². The van der Waals surface area contributed by atoms with Crippen molar-refractivity contribution in [2.24, 2.45) is 0 Å². The molecular formula is C17H21F3N2O4S. The number of hydrogen-bond acceptors (Lipinski definition) is 5. The van der Waals surface area contributed by atoms with Crippen LogP contribution in [0.1, 0.15) is 19.8 Å². The Hall–Kier alpha value is -2.23. The van der Waals surface area contributed by atoms with Gasteiger partial charge in [0.25, 0.3) is 0 Å². The highest BCUT2D eigenvalue weighted by Gasteiger charge is 2.19. The Kier molecular flexibility index (Phi) is 9.70. The van der Waals surface area contributed by atoms with Crippen LogP contribution < -0.4 is 5.32 Å². The summed E-state index contributed by atoms with van der Waals surface area (Å²) in [7, 11) is 1.27. The predicted octanol–water partition coefficient (Wildman–Crippen LogP) is 2.58. The van der Waals surface area contributed by atoms with Crippen LogP contribution in [0, 0.1) is 17.5 Å². The number of esters is 1. The lowest BCUT2D eigenvalue weighted by Crippen LogP contribution is -2.38. The molecule has 0 aliphatic heterocycles. The molecule has 0 saturated carbocycles. The number of thioether (sulfide) groups is 1.